The Morgan fingerprint density at radius 3 is 2.50 bits per heavy atom. The molecule has 0 radical (unpaired) electrons. The number of carbonyl (C=O) groups excluding carboxylic acids is 4. The Morgan fingerprint density at radius 1 is 1.10 bits per heavy atom. The summed E-state index contributed by atoms with van der Waals surface area (Å²) in [6, 6.07) is 4.79. The van der Waals surface area contributed by atoms with Crippen LogP contribution in [0, 0.1) is 0 Å². The highest BCUT2D eigenvalue weighted by atomic mass is 16.2. The highest BCUT2D eigenvalue weighted by Gasteiger charge is 2.44. The smallest absolute Gasteiger partial charge is 0.320 e. The SMILES string of the molecule is C=C1CCC(N2C(=O)c3cccc(CCc4cnn(C5CCN(C(=O)N(C)C(C)(C)C)CC5)c4)c3C2=O)C(=O)N1. The summed E-state index contributed by atoms with van der Waals surface area (Å²) in [6.45, 7) is 11.3. The lowest BCUT2D eigenvalue weighted by molar-refractivity contribution is -0.125. The molecule has 5 amide bonds. The van der Waals surface area contributed by atoms with Gasteiger partial charge in [-0.05, 0) is 76.5 Å². The van der Waals surface area contributed by atoms with Gasteiger partial charge in [0.2, 0.25) is 5.91 Å². The first kappa shape index (κ1) is 27.6. The maximum Gasteiger partial charge on any atom is 0.320 e. The average Bonchev–Trinajstić information content (AvgIpc) is 3.49. The second kappa shape index (κ2) is 10.6. The Hall–Kier alpha value is -3.95. The van der Waals surface area contributed by atoms with Crippen molar-refractivity contribution in [1.29, 1.82) is 0 Å². The number of carbonyl (C=O) groups is 4. The Kier molecular flexibility index (Phi) is 7.29. The summed E-state index contributed by atoms with van der Waals surface area (Å²) in [5.41, 5.74) is 2.97. The van der Waals surface area contributed by atoms with Crippen LogP contribution in [-0.4, -0.2) is 80.0 Å². The van der Waals surface area contributed by atoms with Crippen molar-refractivity contribution in [1.82, 2.24) is 29.8 Å². The largest absolute Gasteiger partial charge is 0.329 e. The molecule has 2 aromatic rings. The van der Waals surface area contributed by atoms with Gasteiger partial charge >= 0.3 is 6.03 Å². The number of aryl methyl sites for hydroxylation is 2. The molecule has 5 rings (SSSR count). The van der Waals surface area contributed by atoms with E-state index in [1.165, 1.54) is 0 Å². The fourth-order valence-electron chi connectivity index (χ4n) is 5.68. The fraction of sp³-hybridized carbons (Fsp3) is 0.500. The molecule has 4 heterocycles. The first-order valence-corrected chi connectivity index (χ1v) is 14.0. The Morgan fingerprint density at radius 2 is 1.82 bits per heavy atom. The monoisotopic (exact) mass is 546 g/mol. The normalized spacial score (nSPS) is 20.1. The van der Waals surface area contributed by atoms with Crippen molar-refractivity contribution in [3.63, 3.8) is 0 Å². The van der Waals surface area contributed by atoms with Crippen molar-refractivity contribution in [2.45, 2.75) is 76.9 Å². The molecular weight excluding hydrogens is 508 g/mol. The van der Waals surface area contributed by atoms with Crippen LogP contribution in [0.2, 0.25) is 0 Å². The number of hydrogen-bond acceptors (Lipinski definition) is 5. The van der Waals surface area contributed by atoms with E-state index in [1.807, 2.05) is 55.9 Å². The van der Waals surface area contributed by atoms with Gasteiger partial charge in [-0.15, -0.1) is 0 Å². The number of hydrogen-bond donors (Lipinski definition) is 1. The quantitative estimate of drug-likeness (QED) is 0.577. The van der Waals surface area contributed by atoms with E-state index in [0.29, 0.717) is 55.6 Å². The van der Waals surface area contributed by atoms with Gasteiger partial charge in [0.1, 0.15) is 6.04 Å². The average molecular weight is 547 g/mol. The summed E-state index contributed by atoms with van der Waals surface area (Å²) in [6.07, 6.45) is 7.72. The third-order valence-electron chi connectivity index (χ3n) is 8.41. The predicted octanol–water partition coefficient (Wildman–Crippen LogP) is 3.54. The second-order valence-corrected chi connectivity index (χ2v) is 12.0. The molecule has 3 aliphatic heterocycles. The van der Waals surface area contributed by atoms with Crippen molar-refractivity contribution >= 4 is 23.8 Å². The number of imide groups is 1. The number of rotatable bonds is 5. The van der Waals surface area contributed by atoms with Crippen LogP contribution in [0.1, 0.15) is 84.3 Å². The highest BCUT2D eigenvalue weighted by molar-refractivity contribution is 6.23. The van der Waals surface area contributed by atoms with Crippen LogP contribution in [0.5, 0.6) is 0 Å². The molecule has 10 nitrogen and oxygen atoms in total. The molecule has 3 aliphatic rings. The minimum atomic E-state index is -0.820. The summed E-state index contributed by atoms with van der Waals surface area (Å²) in [4.78, 5) is 56.7. The molecule has 2 saturated heterocycles. The zero-order valence-corrected chi connectivity index (χ0v) is 23.8. The Bertz CT molecular complexity index is 1360. The molecule has 0 aliphatic carbocycles. The number of fused-ring (bicyclic) bond motifs is 1. The lowest BCUT2D eigenvalue weighted by Crippen LogP contribution is -2.51. The Labute approximate surface area is 235 Å². The summed E-state index contributed by atoms with van der Waals surface area (Å²) < 4.78 is 1.99. The number of nitrogens with zero attached hydrogens (tertiary/aromatic N) is 5. The van der Waals surface area contributed by atoms with Crippen LogP contribution in [0.15, 0.2) is 42.9 Å². The van der Waals surface area contributed by atoms with Crippen LogP contribution < -0.4 is 5.32 Å². The maximum atomic E-state index is 13.4. The first-order valence-electron chi connectivity index (χ1n) is 14.0. The lowest BCUT2D eigenvalue weighted by atomic mass is 9.98. The van der Waals surface area contributed by atoms with E-state index in [-0.39, 0.29) is 23.5 Å². The summed E-state index contributed by atoms with van der Waals surface area (Å²) in [5.74, 6) is -1.19. The van der Waals surface area contributed by atoms with Gasteiger partial charge < -0.3 is 15.1 Å². The van der Waals surface area contributed by atoms with Gasteiger partial charge in [0.25, 0.3) is 11.8 Å². The zero-order chi connectivity index (χ0) is 28.8. The van der Waals surface area contributed by atoms with Crippen LogP contribution in [0.25, 0.3) is 0 Å². The molecule has 10 heteroatoms. The van der Waals surface area contributed by atoms with Crippen molar-refractivity contribution in [3.8, 4) is 0 Å². The minimum absolute atomic E-state index is 0.0589. The van der Waals surface area contributed by atoms with Crippen LogP contribution in [-0.2, 0) is 17.6 Å². The number of piperidine rings is 2. The molecule has 212 valence electrons. The maximum absolute atomic E-state index is 13.4. The van der Waals surface area contributed by atoms with E-state index < -0.39 is 17.9 Å². The standard InChI is InChI=1S/C30H38N6O4/c1-19-9-12-24(26(37)32-19)36-27(38)23-8-6-7-21(25(23)28(36)39)11-10-20-17-31-35(18-20)22-13-15-34(16-14-22)29(40)33(5)30(2,3)4/h6-8,17-18,22,24H,1,9-16H2,2-5H3,(H,32,37). The van der Waals surface area contributed by atoms with E-state index in [0.717, 1.165) is 28.9 Å². The molecule has 0 saturated carbocycles. The second-order valence-electron chi connectivity index (χ2n) is 12.0. The van der Waals surface area contributed by atoms with E-state index in [1.54, 1.807) is 17.0 Å². The van der Waals surface area contributed by atoms with E-state index >= 15 is 0 Å². The molecule has 1 N–H and O–H groups in total. The predicted molar refractivity (Wildman–Crippen MR) is 150 cm³/mol. The third kappa shape index (κ3) is 5.14. The summed E-state index contributed by atoms with van der Waals surface area (Å²) in [7, 11) is 1.85. The number of amides is 5. The van der Waals surface area contributed by atoms with Gasteiger partial charge in [-0.2, -0.15) is 5.10 Å². The van der Waals surface area contributed by atoms with Gasteiger partial charge in [0.15, 0.2) is 0 Å². The molecule has 0 bridgehead atoms. The topological polar surface area (TPSA) is 108 Å². The molecule has 1 atom stereocenters. The van der Waals surface area contributed by atoms with E-state index in [4.69, 9.17) is 0 Å². The van der Waals surface area contributed by atoms with Gasteiger partial charge in [-0.3, -0.25) is 24.0 Å². The number of benzene rings is 1. The minimum Gasteiger partial charge on any atom is -0.329 e. The van der Waals surface area contributed by atoms with Crippen molar-refractivity contribution in [2.24, 2.45) is 0 Å². The highest BCUT2D eigenvalue weighted by Crippen LogP contribution is 2.31. The van der Waals surface area contributed by atoms with Crippen LogP contribution in [0.4, 0.5) is 4.79 Å². The van der Waals surface area contributed by atoms with Crippen molar-refractivity contribution < 1.29 is 19.2 Å². The molecule has 0 spiro atoms. The number of likely N-dealkylation sites (tertiary alicyclic amines) is 1. The molecule has 1 aromatic heterocycles. The number of aromatic nitrogens is 2. The molecule has 40 heavy (non-hydrogen) atoms. The fourth-order valence-corrected chi connectivity index (χ4v) is 5.68. The van der Waals surface area contributed by atoms with Gasteiger partial charge in [0.05, 0.1) is 23.4 Å². The number of nitrogens with one attached hydrogen (secondary N) is 1. The molecular formula is C30H38N6O4. The molecule has 1 unspecified atom stereocenters. The number of allylic oxidation sites excluding steroid dienone is 1. The first-order chi connectivity index (χ1) is 19.0. The molecule has 2 fully saturated rings. The van der Waals surface area contributed by atoms with Crippen LogP contribution >= 0.6 is 0 Å². The van der Waals surface area contributed by atoms with E-state index in [9.17, 15) is 19.2 Å². The zero-order valence-electron chi connectivity index (χ0n) is 23.8. The van der Waals surface area contributed by atoms with Gasteiger partial charge in [-0.25, -0.2) is 4.79 Å². The third-order valence-corrected chi connectivity index (χ3v) is 8.41. The van der Waals surface area contributed by atoms with E-state index in [2.05, 4.69) is 17.0 Å². The van der Waals surface area contributed by atoms with Crippen LogP contribution in [0.3, 0.4) is 0 Å². The van der Waals surface area contributed by atoms with Crippen molar-refractivity contribution in [2.75, 3.05) is 20.1 Å². The number of urea groups is 1. The van der Waals surface area contributed by atoms with Gasteiger partial charge in [0, 0.05) is 37.6 Å². The summed E-state index contributed by atoms with van der Waals surface area (Å²) >= 11 is 0. The molecule has 1 aromatic carbocycles. The van der Waals surface area contributed by atoms with Gasteiger partial charge in [-0.1, -0.05) is 18.7 Å². The Balaban J connectivity index is 1.21. The summed E-state index contributed by atoms with van der Waals surface area (Å²) in [5, 5.41) is 7.28. The lowest BCUT2D eigenvalue weighted by Gasteiger charge is -2.39. The van der Waals surface area contributed by atoms with Crippen molar-refractivity contribution in [3.05, 3.63) is 65.1 Å².